The fraction of sp³-hybridized carbons (Fsp3) is 0.800. The molecule has 4 heteroatoms. The number of hydrogen-bond donors (Lipinski definition) is 2. The summed E-state index contributed by atoms with van der Waals surface area (Å²) in [5.41, 5.74) is 0. The normalized spacial score (nSPS) is 37.9. The van der Waals surface area contributed by atoms with E-state index >= 15 is 0 Å². The molecule has 0 aromatic carbocycles. The van der Waals surface area contributed by atoms with Crippen LogP contribution < -0.4 is 10.6 Å². The molecule has 1 saturated heterocycles. The predicted molar refractivity (Wildman–Crippen MR) is 58.8 cm³/mol. The molecular weight excluding hydrogens is 196 g/mol. The molecule has 1 saturated carbocycles. The summed E-state index contributed by atoms with van der Waals surface area (Å²) < 4.78 is 0. The molecule has 1 heterocycles. The van der Waals surface area contributed by atoms with Crippen molar-refractivity contribution in [3.63, 3.8) is 0 Å². The van der Waals surface area contributed by atoms with E-state index < -0.39 is 0 Å². The van der Waals surface area contributed by atoms with Gasteiger partial charge in [-0.05, 0) is 30.5 Å². The zero-order valence-corrected chi connectivity index (χ0v) is 9.19. The predicted octanol–water partition coefficient (Wildman–Crippen LogP) is 1.19. The molecule has 0 aromatic rings. The van der Waals surface area contributed by atoms with Gasteiger partial charge in [-0.1, -0.05) is 26.2 Å². The van der Waals surface area contributed by atoms with Crippen LogP contribution in [0, 0.1) is 11.8 Å². The molecule has 3 atom stereocenters. The van der Waals surface area contributed by atoms with Gasteiger partial charge in [0, 0.05) is 0 Å². The zero-order valence-electron chi connectivity index (χ0n) is 8.38. The maximum Gasteiger partial charge on any atom is 0.248 e. The van der Waals surface area contributed by atoms with E-state index in [4.69, 9.17) is 12.2 Å². The van der Waals surface area contributed by atoms with Crippen LogP contribution in [0.4, 0.5) is 0 Å². The molecule has 2 N–H and O–H groups in total. The van der Waals surface area contributed by atoms with Gasteiger partial charge >= 0.3 is 0 Å². The number of nitrogens with one attached hydrogen (secondary N) is 2. The zero-order chi connectivity index (χ0) is 10.1. The van der Waals surface area contributed by atoms with E-state index in [1.807, 2.05) is 0 Å². The largest absolute Gasteiger partial charge is 0.350 e. The summed E-state index contributed by atoms with van der Waals surface area (Å²) in [7, 11) is 0. The number of hydrogen-bond acceptors (Lipinski definition) is 2. The SMILES string of the molecule is CC1CCCCC1C1NC(=S)NC1=O. The lowest BCUT2D eigenvalue weighted by Gasteiger charge is -2.31. The van der Waals surface area contributed by atoms with Gasteiger partial charge in [-0.25, -0.2) is 0 Å². The summed E-state index contributed by atoms with van der Waals surface area (Å²) in [4.78, 5) is 11.6. The first kappa shape index (κ1) is 9.90. The molecule has 0 spiro atoms. The number of rotatable bonds is 1. The Kier molecular flexibility index (Phi) is 2.72. The van der Waals surface area contributed by atoms with E-state index in [-0.39, 0.29) is 11.9 Å². The van der Waals surface area contributed by atoms with Crippen molar-refractivity contribution < 1.29 is 4.79 Å². The summed E-state index contributed by atoms with van der Waals surface area (Å²) in [6.07, 6.45) is 4.93. The molecule has 1 aliphatic heterocycles. The summed E-state index contributed by atoms with van der Waals surface area (Å²) in [6.45, 7) is 2.24. The Morgan fingerprint density at radius 1 is 1.36 bits per heavy atom. The van der Waals surface area contributed by atoms with Crippen molar-refractivity contribution in [3.05, 3.63) is 0 Å². The van der Waals surface area contributed by atoms with Gasteiger partial charge in [0.25, 0.3) is 0 Å². The van der Waals surface area contributed by atoms with Crippen molar-refractivity contribution in [2.24, 2.45) is 11.8 Å². The van der Waals surface area contributed by atoms with Crippen molar-refractivity contribution in [1.82, 2.24) is 10.6 Å². The minimum atomic E-state index is -0.0715. The van der Waals surface area contributed by atoms with Crippen LogP contribution in [0.1, 0.15) is 32.6 Å². The smallest absolute Gasteiger partial charge is 0.248 e. The molecule has 0 aromatic heterocycles. The first-order valence-corrected chi connectivity index (χ1v) is 5.70. The third kappa shape index (κ3) is 1.75. The molecular formula is C10H16N2OS. The van der Waals surface area contributed by atoms with Gasteiger partial charge in [-0.3, -0.25) is 4.79 Å². The monoisotopic (exact) mass is 212 g/mol. The highest BCUT2D eigenvalue weighted by Crippen LogP contribution is 2.32. The highest BCUT2D eigenvalue weighted by Gasteiger charge is 2.37. The molecule has 2 fully saturated rings. The van der Waals surface area contributed by atoms with E-state index in [1.54, 1.807) is 0 Å². The van der Waals surface area contributed by atoms with Crippen LogP contribution >= 0.6 is 12.2 Å². The second-order valence-corrected chi connectivity index (χ2v) is 4.77. The second-order valence-electron chi connectivity index (χ2n) is 4.37. The molecule has 0 bridgehead atoms. The maximum absolute atomic E-state index is 11.6. The van der Waals surface area contributed by atoms with Crippen LogP contribution in [-0.4, -0.2) is 17.1 Å². The van der Waals surface area contributed by atoms with Crippen LogP contribution in [0.25, 0.3) is 0 Å². The Labute approximate surface area is 89.6 Å². The van der Waals surface area contributed by atoms with Crippen molar-refractivity contribution in [2.75, 3.05) is 0 Å². The van der Waals surface area contributed by atoms with E-state index in [0.717, 1.165) is 6.42 Å². The van der Waals surface area contributed by atoms with Crippen LogP contribution in [0.15, 0.2) is 0 Å². The lowest BCUT2D eigenvalue weighted by Crippen LogP contribution is -2.41. The minimum absolute atomic E-state index is 0.0637. The number of thiocarbonyl (C=S) groups is 1. The van der Waals surface area contributed by atoms with Crippen LogP contribution in [0.5, 0.6) is 0 Å². The molecule has 14 heavy (non-hydrogen) atoms. The molecule has 1 amide bonds. The highest BCUT2D eigenvalue weighted by atomic mass is 32.1. The lowest BCUT2D eigenvalue weighted by molar-refractivity contribution is -0.121. The van der Waals surface area contributed by atoms with E-state index in [1.165, 1.54) is 19.3 Å². The van der Waals surface area contributed by atoms with Crippen molar-refractivity contribution in [2.45, 2.75) is 38.6 Å². The van der Waals surface area contributed by atoms with Crippen LogP contribution in [-0.2, 0) is 4.79 Å². The van der Waals surface area contributed by atoms with Gasteiger partial charge in [0.05, 0.1) is 0 Å². The lowest BCUT2D eigenvalue weighted by atomic mass is 9.76. The average molecular weight is 212 g/mol. The molecule has 78 valence electrons. The third-order valence-electron chi connectivity index (χ3n) is 3.41. The summed E-state index contributed by atoms with van der Waals surface area (Å²) >= 11 is 4.94. The van der Waals surface area contributed by atoms with Gasteiger partial charge in [0.2, 0.25) is 5.91 Å². The van der Waals surface area contributed by atoms with Crippen LogP contribution in [0.2, 0.25) is 0 Å². The third-order valence-corrected chi connectivity index (χ3v) is 3.63. The van der Waals surface area contributed by atoms with Gasteiger partial charge in [0.15, 0.2) is 5.11 Å². The first-order valence-electron chi connectivity index (χ1n) is 5.30. The summed E-state index contributed by atoms with van der Waals surface area (Å²) in [5.74, 6) is 1.16. The van der Waals surface area contributed by atoms with E-state index in [2.05, 4.69) is 17.6 Å². The molecule has 3 nitrogen and oxygen atoms in total. The quantitative estimate of drug-likeness (QED) is 0.641. The second kappa shape index (κ2) is 3.85. The summed E-state index contributed by atoms with van der Waals surface area (Å²) in [5, 5.41) is 6.24. The summed E-state index contributed by atoms with van der Waals surface area (Å²) in [6, 6.07) is -0.0715. The van der Waals surface area contributed by atoms with Crippen molar-refractivity contribution in [1.29, 1.82) is 0 Å². The fourth-order valence-electron chi connectivity index (χ4n) is 2.57. The molecule has 2 aliphatic rings. The Morgan fingerprint density at radius 2 is 2.07 bits per heavy atom. The van der Waals surface area contributed by atoms with Crippen molar-refractivity contribution >= 4 is 23.2 Å². The van der Waals surface area contributed by atoms with Gasteiger partial charge in [-0.2, -0.15) is 0 Å². The minimum Gasteiger partial charge on any atom is -0.350 e. The van der Waals surface area contributed by atoms with Crippen molar-refractivity contribution in [3.8, 4) is 0 Å². The molecule has 1 aliphatic carbocycles. The maximum atomic E-state index is 11.6. The van der Waals surface area contributed by atoms with Gasteiger partial charge < -0.3 is 10.6 Å². The average Bonchev–Trinajstić information content (AvgIpc) is 2.46. The fourth-order valence-corrected chi connectivity index (χ4v) is 2.80. The molecule has 0 radical (unpaired) electrons. The van der Waals surface area contributed by atoms with E-state index in [9.17, 15) is 4.79 Å². The Morgan fingerprint density at radius 3 is 2.64 bits per heavy atom. The standard InChI is InChI=1S/C10H16N2OS/c1-6-4-2-3-5-7(6)8-9(13)12-10(14)11-8/h6-8H,2-5H2,1H3,(H2,11,12,13,14). The Balaban J connectivity index is 2.06. The highest BCUT2D eigenvalue weighted by molar-refractivity contribution is 7.80. The number of amides is 1. The topological polar surface area (TPSA) is 41.1 Å². The molecule has 3 unspecified atom stereocenters. The van der Waals surface area contributed by atoms with Gasteiger partial charge in [0.1, 0.15) is 6.04 Å². The Hall–Kier alpha value is -0.640. The Bertz CT molecular complexity index is 267. The van der Waals surface area contributed by atoms with Gasteiger partial charge in [-0.15, -0.1) is 0 Å². The number of carbonyl (C=O) groups is 1. The number of carbonyl (C=O) groups excluding carboxylic acids is 1. The van der Waals surface area contributed by atoms with Crippen LogP contribution in [0.3, 0.4) is 0 Å². The van der Waals surface area contributed by atoms with E-state index in [0.29, 0.717) is 16.9 Å². The molecule has 2 rings (SSSR count). The first-order chi connectivity index (χ1) is 6.68.